The van der Waals surface area contributed by atoms with Gasteiger partial charge in [0.05, 0.1) is 18.7 Å². The molecule has 0 fully saturated rings. The first-order valence-corrected chi connectivity index (χ1v) is 8.35. The number of nitrogens with one attached hydrogen (secondary N) is 1. The molecule has 0 saturated heterocycles. The van der Waals surface area contributed by atoms with Crippen LogP contribution < -0.4 is 24.3 Å². The highest BCUT2D eigenvalue weighted by Crippen LogP contribution is 2.40. The zero-order chi connectivity index (χ0) is 18.4. The van der Waals surface area contributed by atoms with Gasteiger partial charge in [0.2, 0.25) is 12.7 Å². The van der Waals surface area contributed by atoms with Gasteiger partial charge in [0, 0.05) is 12.1 Å². The van der Waals surface area contributed by atoms with Crippen LogP contribution in [0.1, 0.15) is 5.56 Å². The molecule has 0 aromatic heterocycles. The van der Waals surface area contributed by atoms with Gasteiger partial charge in [-0.25, -0.2) is 0 Å². The highest BCUT2D eigenvalue weighted by molar-refractivity contribution is 6.32. The fourth-order valence-electron chi connectivity index (χ4n) is 2.35. The van der Waals surface area contributed by atoms with Crippen molar-refractivity contribution >= 4 is 23.6 Å². The lowest BCUT2D eigenvalue weighted by atomic mass is 10.2. The molecular formula is C19H18ClNO5. The summed E-state index contributed by atoms with van der Waals surface area (Å²) >= 11 is 6.11. The number of hydrogen-bond donors (Lipinski definition) is 1. The van der Waals surface area contributed by atoms with Gasteiger partial charge < -0.3 is 24.3 Å². The monoisotopic (exact) mass is 375 g/mol. The summed E-state index contributed by atoms with van der Waals surface area (Å²) in [5.41, 5.74) is 0.752. The Bertz CT molecular complexity index is 822. The Morgan fingerprint density at radius 3 is 2.96 bits per heavy atom. The van der Waals surface area contributed by atoms with Crippen LogP contribution in [0.3, 0.4) is 0 Å². The SMILES string of the molecule is COc1cccc(OCCNC(=O)/C=C/c2cc(Cl)c3c(c2)OCO3)c1. The van der Waals surface area contributed by atoms with Gasteiger partial charge in [-0.15, -0.1) is 0 Å². The first-order valence-electron chi connectivity index (χ1n) is 7.97. The predicted molar refractivity (Wildman–Crippen MR) is 98.1 cm³/mol. The summed E-state index contributed by atoms with van der Waals surface area (Å²) in [5.74, 6) is 2.28. The van der Waals surface area contributed by atoms with E-state index in [1.54, 1.807) is 31.4 Å². The Morgan fingerprint density at radius 1 is 1.27 bits per heavy atom. The molecule has 1 aliphatic heterocycles. The third-order valence-electron chi connectivity index (χ3n) is 3.59. The standard InChI is InChI=1S/C19H18ClNO5/c1-23-14-3-2-4-15(11-14)24-8-7-21-18(22)6-5-13-9-16(20)19-17(10-13)25-12-26-19/h2-6,9-11H,7-8,12H2,1H3,(H,21,22)/b6-5+. The number of fused-ring (bicyclic) bond motifs is 1. The van der Waals surface area contributed by atoms with Gasteiger partial charge in [-0.05, 0) is 35.9 Å². The van der Waals surface area contributed by atoms with Crippen LogP contribution in [0.2, 0.25) is 5.02 Å². The van der Waals surface area contributed by atoms with Gasteiger partial charge in [-0.2, -0.15) is 0 Å². The lowest BCUT2D eigenvalue weighted by molar-refractivity contribution is -0.116. The second-order valence-corrected chi connectivity index (χ2v) is 5.80. The topological polar surface area (TPSA) is 66.0 Å². The van der Waals surface area contributed by atoms with Gasteiger partial charge >= 0.3 is 0 Å². The second kappa shape index (κ2) is 8.49. The summed E-state index contributed by atoms with van der Waals surface area (Å²) in [6, 6.07) is 10.8. The Balaban J connectivity index is 1.45. The highest BCUT2D eigenvalue weighted by atomic mass is 35.5. The summed E-state index contributed by atoms with van der Waals surface area (Å²) in [6.45, 7) is 0.876. The van der Waals surface area contributed by atoms with E-state index in [0.717, 1.165) is 11.3 Å². The molecule has 0 bridgehead atoms. The third kappa shape index (κ3) is 4.61. The van der Waals surface area contributed by atoms with Crippen LogP contribution in [0.25, 0.3) is 6.08 Å². The van der Waals surface area contributed by atoms with E-state index in [1.807, 2.05) is 18.2 Å². The largest absolute Gasteiger partial charge is 0.497 e. The number of rotatable bonds is 7. The Kier molecular flexibility index (Phi) is 5.86. The van der Waals surface area contributed by atoms with Gasteiger partial charge in [0.15, 0.2) is 11.5 Å². The van der Waals surface area contributed by atoms with E-state index in [0.29, 0.717) is 35.4 Å². The average Bonchev–Trinajstić information content (AvgIpc) is 3.13. The molecule has 1 N–H and O–H groups in total. The summed E-state index contributed by atoms with van der Waals surface area (Å²) in [6.07, 6.45) is 3.09. The van der Waals surface area contributed by atoms with Crippen molar-refractivity contribution in [2.45, 2.75) is 0 Å². The molecule has 0 atom stereocenters. The zero-order valence-electron chi connectivity index (χ0n) is 14.2. The molecule has 1 heterocycles. The number of hydrogen-bond acceptors (Lipinski definition) is 5. The van der Waals surface area contributed by atoms with Crippen LogP contribution in [0.5, 0.6) is 23.0 Å². The smallest absolute Gasteiger partial charge is 0.244 e. The quantitative estimate of drug-likeness (QED) is 0.594. The fraction of sp³-hybridized carbons (Fsp3) is 0.211. The van der Waals surface area contributed by atoms with Gasteiger partial charge in [-0.1, -0.05) is 17.7 Å². The molecule has 2 aromatic rings. The number of carbonyl (C=O) groups is 1. The van der Waals surface area contributed by atoms with E-state index in [2.05, 4.69) is 5.32 Å². The molecule has 3 rings (SSSR count). The summed E-state index contributed by atoms with van der Waals surface area (Å²) in [4.78, 5) is 11.9. The van der Waals surface area contributed by atoms with Crippen LogP contribution in [-0.2, 0) is 4.79 Å². The normalized spacial score (nSPS) is 12.2. The summed E-state index contributed by atoms with van der Waals surface area (Å²) in [7, 11) is 1.60. The van der Waals surface area contributed by atoms with Crippen LogP contribution in [0, 0.1) is 0 Å². The Hall–Kier alpha value is -2.86. The molecular weight excluding hydrogens is 358 g/mol. The molecule has 0 radical (unpaired) electrons. The van der Waals surface area contributed by atoms with E-state index in [9.17, 15) is 4.79 Å². The molecule has 136 valence electrons. The first kappa shape index (κ1) is 17.9. The van der Waals surface area contributed by atoms with Crippen molar-refractivity contribution in [3.63, 3.8) is 0 Å². The average molecular weight is 376 g/mol. The zero-order valence-corrected chi connectivity index (χ0v) is 14.9. The van der Waals surface area contributed by atoms with Crippen molar-refractivity contribution in [1.29, 1.82) is 0 Å². The lowest BCUT2D eigenvalue weighted by Gasteiger charge is -2.08. The Labute approximate surface area is 156 Å². The van der Waals surface area contributed by atoms with Crippen molar-refractivity contribution in [1.82, 2.24) is 5.32 Å². The van der Waals surface area contributed by atoms with Crippen molar-refractivity contribution in [3.05, 3.63) is 53.1 Å². The van der Waals surface area contributed by atoms with Crippen molar-refractivity contribution < 1.29 is 23.7 Å². The minimum absolute atomic E-state index is 0.149. The highest BCUT2D eigenvalue weighted by Gasteiger charge is 2.17. The van der Waals surface area contributed by atoms with Crippen molar-refractivity contribution in [2.75, 3.05) is 27.1 Å². The molecule has 1 amide bonds. The number of amides is 1. The number of halogens is 1. The minimum atomic E-state index is -0.229. The van der Waals surface area contributed by atoms with E-state index in [4.69, 9.17) is 30.5 Å². The predicted octanol–water partition coefficient (Wildman–Crippen LogP) is 3.29. The van der Waals surface area contributed by atoms with Crippen molar-refractivity contribution in [3.8, 4) is 23.0 Å². The molecule has 6 nitrogen and oxygen atoms in total. The van der Waals surface area contributed by atoms with Gasteiger partial charge in [0.1, 0.15) is 18.1 Å². The fourth-order valence-corrected chi connectivity index (χ4v) is 2.62. The van der Waals surface area contributed by atoms with Crippen LogP contribution in [0.15, 0.2) is 42.5 Å². The molecule has 1 aliphatic rings. The van der Waals surface area contributed by atoms with E-state index in [-0.39, 0.29) is 12.7 Å². The first-order chi connectivity index (χ1) is 12.7. The van der Waals surface area contributed by atoms with Crippen LogP contribution in [0.4, 0.5) is 0 Å². The minimum Gasteiger partial charge on any atom is -0.497 e. The van der Waals surface area contributed by atoms with Gasteiger partial charge in [-0.3, -0.25) is 4.79 Å². The van der Waals surface area contributed by atoms with Crippen LogP contribution >= 0.6 is 11.6 Å². The number of ether oxygens (including phenoxy) is 4. The van der Waals surface area contributed by atoms with E-state index in [1.165, 1.54) is 6.08 Å². The number of benzene rings is 2. The molecule has 7 heteroatoms. The van der Waals surface area contributed by atoms with E-state index < -0.39 is 0 Å². The number of methoxy groups -OCH3 is 1. The van der Waals surface area contributed by atoms with Crippen molar-refractivity contribution in [2.24, 2.45) is 0 Å². The molecule has 26 heavy (non-hydrogen) atoms. The second-order valence-electron chi connectivity index (χ2n) is 5.39. The molecule has 0 spiro atoms. The molecule has 0 saturated carbocycles. The maximum atomic E-state index is 11.9. The maximum absolute atomic E-state index is 11.9. The number of carbonyl (C=O) groups excluding carboxylic acids is 1. The van der Waals surface area contributed by atoms with Gasteiger partial charge in [0.25, 0.3) is 0 Å². The molecule has 0 aliphatic carbocycles. The maximum Gasteiger partial charge on any atom is 0.244 e. The lowest BCUT2D eigenvalue weighted by Crippen LogP contribution is -2.26. The third-order valence-corrected chi connectivity index (χ3v) is 3.87. The van der Waals surface area contributed by atoms with Crippen LogP contribution in [-0.4, -0.2) is 33.0 Å². The Morgan fingerprint density at radius 2 is 2.12 bits per heavy atom. The summed E-state index contributed by atoms with van der Waals surface area (Å²) in [5, 5.41) is 3.20. The molecule has 0 unspecified atom stereocenters. The summed E-state index contributed by atoms with van der Waals surface area (Å²) < 4.78 is 21.2. The molecule has 2 aromatic carbocycles. The van der Waals surface area contributed by atoms with E-state index >= 15 is 0 Å².